The molecule has 0 atom stereocenters. The molecule has 1 aromatic heterocycles. The van der Waals surface area contributed by atoms with E-state index in [-0.39, 0.29) is 0 Å². The number of aromatic nitrogens is 2. The first-order chi connectivity index (χ1) is 8.83. The molecule has 0 saturated carbocycles. The van der Waals surface area contributed by atoms with Crippen molar-refractivity contribution >= 4 is 0 Å². The van der Waals surface area contributed by atoms with Crippen LogP contribution >= 0.6 is 0 Å². The van der Waals surface area contributed by atoms with Crippen LogP contribution in [0.25, 0.3) is 11.4 Å². The fourth-order valence-electron chi connectivity index (χ4n) is 1.78. The zero-order chi connectivity index (χ0) is 12.8. The molecule has 0 bridgehead atoms. The molecule has 0 unspecified atom stereocenters. The van der Waals surface area contributed by atoms with Gasteiger partial charge in [0, 0.05) is 12.0 Å². The number of nitrogens with zero attached hydrogens (tertiary/aromatic N) is 2. The summed E-state index contributed by atoms with van der Waals surface area (Å²) in [7, 11) is 1.94. The van der Waals surface area contributed by atoms with Gasteiger partial charge in [0.15, 0.2) is 0 Å². The molecule has 0 fully saturated rings. The van der Waals surface area contributed by atoms with Gasteiger partial charge in [-0.15, -0.1) is 0 Å². The zero-order valence-electron chi connectivity index (χ0n) is 10.9. The smallest absolute Gasteiger partial charge is 0.227 e. The minimum atomic E-state index is 0.678. The van der Waals surface area contributed by atoms with Crippen LogP contribution in [-0.2, 0) is 12.8 Å². The summed E-state index contributed by atoms with van der Waals surface area (Å²) in [6, 6.07) is 8.29. The van der Waals surface area contributed by atoms with E-state index in [1.54, 1.807) is 0 Å². The highest BCUT2D eigenvalue weighted by atomic mass is 16.5. The van der Waals surface area contributed by atoms with Crippen LogP contribution in [0.4, 0.5) is 0 Å². The van der Waals surface area contributed by atoms with Gasteiger partial charge in [-0.05, 0) is 32.0 Å². The third-order valence-corrected chi connectivity index (χ3v) is 2.91. The Labute approximate surface area is 107 Å². The van der Waals surface area contributed by atoms with Gasteiger partial charge in [0.25, 0.3) is 0 Å². The first-order valence-corrected chi connectivity index (χ1v) is 6.40. The van der Waals surface area contributed by atoms with E-state index < -0.39 is 0 Å². The van der Waals surface area contributed by atoms with Crippen LogP contribution in [0, 0.1) is 0 Å². The Kier molecular flexibility index (Phi) is 4.47. The molecule has 2 rings (SSSR count). The van der Waals surface area contributed by atoms with Crippen molar-refractivity contribution in [3.63, 3.8) is 0 Å². The fraction of sp³-hybridized carbons (Fsp3) is 0.429. The average molecular weight is 245 g/mol. The van der Waals surface area contributed by atoms with Gasteiger partial charge in [0.05, 0.1) is 0 Å². The van der Waals surface area contributed by atoms with Crippen molar-refractivity contribution < 1.29 is 4.52 Å². The van der Waals surface area contributed by atoms with E-state index >= 15 is 0 Å². The quantitative estimate of drug-likeness (QED) is 0.794. The van der Waals surface area contributed by atoms with E-state index in [0.717, 1.165) is 31.4 Å². The highest BCUT2D eigenvalue weighted by molar-refractivity contribution is 5.54. The minimum absolute atomic E-state index is 0.678. The number of hydrogen-bond donors (Lipinski definition) is 1. The molecule has 1 N–H and O–H groups in total. The van der Waals surface area contributed by atoms with Crippen LogP contribution in [0.15, 0.2) is 28.8 Å². The number of hydrogen-bond acceptors (Lipinski definition) is 4. The van der Waals surface area contributed by atoms with Gasteiger partial charge in [-0.1, -0.05) is 36.3 Å². The lowest BCUT2D eigenvalue weighted by molar-refractivity contribution is 0.375. The van der Waals surface area contributed by atoms with Gasteiger partial charge < -0.3 is 9.84 Å². The van der Waals surface area contributed by atoms with E-state index in [2.05, 4.69) is 34.5 Å². The van der Waals surface area contributed by atoms with E-state index in [9.17, 15) is 0 Å². The maximum absolute atomic E-state index is 5.23. The molecule has 1 aromatic carbocycles. The second kappa shape index (κ2) is 6.31. The lowest BCUT2D eigenvalue weighted by atomic mass is 10.1. The molecule has 4 heteroatoms. The molecule has 0 amide bonds. The third kappa shape index (κ3) is 3.17. The first kappa shape index (κ1) is 12.8. The molecule has 2 aromatic rings. The number of rotatable bonds is 6. The van der Waals surface area contributed by atoms with E-state index in [4.69, 9.17) is 4.52 Å². The van der Waals surface area contributed by atoms with Gasteiger partial charge in [-0.3, -0.25) is 0 Å². The molecule has 0 radical (unpaired) electrons. The van der Waals surface area contributed by atoms with Crippen LogP contribution in [0.3, 0.4) is 0 Å². The highest BCUT2D eigenvalue weighted by Crippen LogP contribution is 2.17. The van der Waals surface area contributed by atoms with Crippen molar-refractivity contribution in [2.24, 2.45) is 0 Å². The van der Waals surface area contributed by atoms with E-state index in [1.807, 2.05) is 19.2 Å². The second-order valence-corrected chi connectivity index (χ2v) is 4.27. The van der Waals surface area contributed by atoms with Crippen molar-refractivity contribution in [3.05, 3.63) is 35.7 Å². The summed E-state index contributed by atoms with van der Waals surface area (Å²) in [5.41, 5.74) is 2.33. The van der Waals surface area contributed by atoms with Crippen LogP contribution in [0.5, 0.6) is 0 Å². The Morgan fingerprint density at radius 2 is 2.00 bits per heavy atom. The summed E-state index contributed by atoms with van der Waals surface area (Å²) < 4.78 is 5.23. The van der Waals surface area contributed by atoms with Crippen molar-refractivity contribution in [2.45, 2.75) is 26.2 Å². The molecule has 1 heterocycles. The molecule has 96 valence electrons. The summed E-state index contributed by atoms with van der Waals surface area (Å²) in [6.45, 7) is 3.10. The monoisotopic (exact) mass is 245 g/mol. The molecule has 0 aliphatic heterocycles. The first-order valence-electron chi connectivity index (χ1n) is 6.40. The normalized spacial score (nSPS) is 10.8. The lowest BCUT2D eigenvalue weighted by Crippen LogP contribution is -2.08. The Bertz CT molecular complexity index is 476. The third-order valence-electron chi connectivity index (χ3n) is 2.91. The van der Waals surface area contributed by atoms with Gasteiger partial charge in [0.1, 0.15) is 0 Å². The summed E-state index contributed by atoms with van der Waals surface area (Å²) in [5.74, 6) is 1.39. The summed E-state index contributed by atoms with van der Waals surface area (Å²) in [5, 5.41) is 7.11. The van der Waals surface area contributed by atoms with E-state index in [1.165, 1.54) is 5.56 Å². The van der Waals surface area contributed by atoms with Gasteiger partial charge in [-0.2, -0.15) is 4.98 Å². The Morgan fingerprint density at radius 3 is 2.67 bits per heavy atom. The molecule has 0 aliphatic rings. The van der Waals surface area contributed by atoms with Crippen LogP contribution < -0.4 is 5.32 Å². The molecule has 0 spiro atoms. The number of aryl methyl sites for hydroxylation is 2. The summed E-state index contributed by atoms with van der Waals surface area (Å²) in [4.78, 5) is 4.40. The standard InChI is InChI=1S/C14H19N3O/c1-3-11-6-8-12(9-7-11)14-16-13(18-17-14)5-4-10-15-2/h6-9,15H,3-5,10H2,1-2H3. The SMILES string of the molecule is CCc1ccc(-c2noc(CCCNC)n2)cc1. The van der Waals surface area contributed by atoms with Crippen molar-refractivity contribution in [1.82, 2.24) is 15.5 Å². The van der Waals surface area contributed by atoms with Crippen molar-refractivity contribution in [1.29, 1.82) is 0 Å². The van der Waals surface area contributed by atoms with Crippen molar-refractivity contribution in [2.75, 3.05) is 13.6 Å². The minimum Gasteiger partial charge on any atom is -0.339 e. The number of benzene rings is 1. The Balaban J connectivity index is 2.04. The molecule has 4 nitrogen and oxygen atoms in total. The highest BCUT2D eigenvalue weighted by Gasteiger charge is 2.07. The van der Waals surface area contributed by atoms with Crippen LogP contribution in [-0.4, -0.2) is 23.7 Å². The summed E-state index contributed by atoms with van der Waals surface area (Å²) >= 11 is 0. The Hall–Kier alpha value is -1.68. The molecule has 0 aliphatic carbocycles. The Morgan fingerprint density at radius 1 is 1.22 bits per heavy atom. The van der Waals surface area contributed by atoms with Gasteiger partial charge in [0.2, 0.25) is 11.7 Å². The van der Waals surface area contributed by atoms with Gasteiger partial charge >= 0.3 is 0 Å². The fourth-order valence-corrected chi connectivity index (χ4v) is 1.78. The van der Waals surface area contributed by atoms with Gasteiger partial charge in [-0.25, -0.2) is 0 Å². The maximum atomic E-state index is 5.23. The predicted molar refractivity (Wildman–Crippen MR) is 71.4 cm³/mol. The molecular formula is C14H19N3O. The van der Waals surface area contributed by atoms with Crippen LogP contribution in [0.1, 0.15) is 24.8 Å². The molecular weight excluding hydrogens is 226 g/mol. The largest absolute Gasteiger partial charge is 0.339 e. The van der Waals surface area contributed by atoms with Crippen molar-refractivity contribution in [3.8, 4) is 11.4 Å². The van der Waals surface area contributed by atoms with Crippen LogP contribution in [0.2, 0.25) is 0 Å². The summed E-state index contributed by atoms with van der Waals surface area (Å²) in [6.07, 6.45) is 2.87. The molecule has 18 heavy (non-hydrogen) atoms. The van der Waals surface area contributed by atoms with E-state index in [0.29, 0.717) is 11.7 Å². The lowest BCUT2D eigenvalue weighted by Gasteiger charge is -1.97. The maximum Gasteiger partial charge on any atom is 0.227 e. The average Bonchev–Trinajstić information content (AvgIpc) is 2.88. The predicted octanol–water partition coefficient (Wildman–Crippen LogP) is 2.45. The zero-order valence-corrected chi connectivity index (χ0v) is 10.9. The number of nitrogens with one attached hydrogen (secondary N) is 1. The molecule has 0 saturated heterocycles. The second-order valence-electron chi connectivity index (χ2n) is 4.27. The topological polar surface area (TPSA) is 51.0 Å².